The normalized spacial score (nSPS) is 10.4. The zero-order valence-corrected chi connectivity index (χ0v) is 13.0. The van der Waals surface area contributed by atoms with Crippen molar-refractivity contribution in [1.82, 2.24) is 4.98 Å². The van der Waals surface area contributed by atoms with Gasteiger partial charge in [0.1, 0.15) is 10.8 Å². The number of nitrogens with two attached hydrogens (primary N) is 1. The summed E-state index contributed by atoms with van der Waals surface area (Å²) in [5.74, 6) is 0.128. The van der Waals surface area contributed by atoms with Gasteiger partial charge in [-0.15, -0.1) is 11.3 Å². The number of benzene rings is 1. The number of aromatic nitrogens is 1. The third kappa shape index (κ3) is 3.10. The molecule has 2 heterocycles. The summed E-state index contributed by atoms with van der Waals surface area (Å²) in [4.78, 5) is 16.8. The molecule has 6 heteroatoms. The van der Waals surface area contributed by atoms with Crippen LogP contribution in [0.1, 0.15) is 10.4 Å². The molecule has 0 saturated carbocycles. The first-order valence-electron chi connectivity index (χ1n) is 6.51. The van der Waals surface area contributed by atoms with Gasteiger partial charge in [0.05, 0.1) is 10.6 Å². The Bertz CT molecular complexity index is 800. The average Bonchev–Trinajstić information content (AvgIpc) is 2.95. The molecule has 1 amide bonds. The van der Waals surface area contributed by atoms with E-state index in [-0.39, 0.29) is 0 Å². The number of amides is 1. The van der Waals surface area contributed by atoms with Crippen LogP contribution in [-0.4, -0.2) is 10.9 Å². The van der Waals surface area contributed by atoms with Crippen LogP contribution in [0, 0.1) is 0 Å². The van der Waals surface area contributed by atoms with Gasteiger partial charge < -0.3 is 11.1 Å². The van der Waals surface area contributed by atoms with E-state index >= 15 is 0 Å². The van der Waals surface area contributed by atoms with E-state index in [1.54, 1.807) is 24.4 Å². The van der Waals surface area contributed by atoms with Crippen LogP contribution in [0.15, 0.2) is 54.7 Å². The van der Waals surface area contributed by atoms with Gasteiger partial charge in [0, 0.05) is 11.1 Å². The smallest absolute Gasteiger partial charge is 0.251 e. The lowest BCUT2D eigenvalue weighted by atomic mass is 10.1. The van der Waals surface area contributed by atoms with Crippen LogP contribution < -0.4 is 11.1 Å². The second-order valence-corrected chi connectivity index (χ2v) is 6.06. The fourth-order valence-corrected chi connectivity index (χ4v) is 3.17. The first-order chi connectivity index (χ1) is 10.6. The van der Waals surface area contributed by atoms with Crippen LogP contribution in [-0.2, 0) is 0 Å². The van der Waals surface area contributed by atoms with Gasteiger partial charge in [-0.25, -0.2) is 4.98 Å². The number of carbonyl (C=O) groups is 1. The van der Waals surface area contributed by atoms with Crippen molar-refractivity contribution in [3.63, 3.8) is 0 Å². The van der Waals surface area contributed by atoms with E-state index in [4.69, 9.17) is 17.3 Å². The number of thiophene rings is 1. The molecule has 4 nitrogen and oxygen atoms in total. The van der Waals surface area contributed by atoms with Crippen LogP contribution >= 0.6 is 22.9 Å². The fraction of sp³-hybridized carbons (Fsp3) is 0. The maximum absolute atomic E-state index is 11.7. The van der Waals surface area contributed by atoms with Crippen molar-refractivity contribution in [2.24, 2.45) is 5.73 Å². The van der Waals surface area contributed by atoms with E-state index in [0.717, 1.165) is 10.4 Å². The van der Waals surface area contributed by atoms with Gasteiger partial charge in [0.2, 0.25) is 0 Å². The molecular formula is C16H12ClN3OS. The summed E-state index contributed by atoms with van der Waals surface area (Å²) in [6.45, 7) is 0. The Hall–Kier alpha value is -2.37. The maximum atomic E-state index is 11.7. The van der Waals surface area contributed by atoms with Crippen molar-refractivity contribution in [2.75, 3.05) is 5.32 Å². The van der Waals surface area contributed by atoms with E-state index < -0.39 is 5.91 Å². The lowest BCUT2D eigenvalue weighted by Gasteiger charge is -2.04. The number of hydrogen-bond acceptors (Lipinski definition) is 4. The van der Waals surface area contributed by atoms with Crippen LogP contribution in [0.3, 0.4) is 0 Å². The standard InChI is InChI=1S/C16H12ClN3OS/c17-11-6-7-14(19-9-11)20-16-12(15(18)21)8-13(22-16)10-4-2-1-3-5-10/h1-9H,(H2,18,21)(H,19,20). The van der Waals surface area contributed by atoms with Crippen LogP contribution in [0.2, 0.25) is 5.02 Å². The van der Waals surface area contributed by atoms with Crippen molar-refractivity contribution in [1.29, 1.82) is 0 Å². The van der Waals surface area contributed by atoms with Crippen molar-refractivity contribution in [3.05, 3.63) is 65.3 Å². The number of nitrogens with one attached hydrogen (secondary N) is 1. The zero-order valence-electron chi connectivity index (χ0n) is 11.4. The molecule has 1 aromatic carbocycles. The highest BCUT2D eigenvalue weighted by atomic mass is 35.5. The predicted octanol–water partition coefficient (Wildman–Crippen LogP) is 4.31. The van der Waals surface area contributed by atoms with Crippen LogP contribution in [0.4, 0.5) is 10.8 Å². The molecule has 0 aliphatic carbocycles. The van der Waals surface area contributed by atoms with Gasteiger partial charge in [-0.2, -0.15) is 0 Å². The Balaban J connectivity index is 1.97. The molecule has 3 aromatic rings. The molecule has 0 spiro atoms. The van der Waals surface area contributed by atoms with E-state index in [2.05, 4.69) is 10.3 Å². The third-order valence-electron chi connectivity index (χ3n) is 3.02. The Kier molecular flexibility index (Phi) is 4.09. The molecular weight excluding hydrogens is 318 g/mol. The average molecular weight is 330 g/mol. The quantitative estimate of drug-likeness (QED) is 0.749. The third-order valence-corrected chi connectivity index (χ3v) is 4.35. The van der Waals surface area contributed by atoms with Gasteiger partial charge in [-0.3, -0.25) is 4.79 Å². The van der Waals surface area contributed by atoms with Gasteiger partial charge in [-0.05, 0) is 23.8 Å². The Labute approximate surface area is 136 Å². The van der Waals surface area contributed by atoms with E-state index in [9.17, 15) is 4.79 Å². The lowest BCUT2D eigenvalue weighted by molar-refractivity contribution is 0.100. The number of nitrogens with zero attached hydrogens (tertiary/aromatic N) is 1. The second kappa shape index (κ2) is 6.17. The summed E-state index contributed by atoms with van der Waals surface area (Å²) in [5, 5.41) is 4.34. The van der Waals surface area contributed by atoms with Gasteiger partial charge in [0.25, 0.3) is 5.91 Å². The SMILES string of the molecule is NC(=O)c1cc(-c2ccccc2)sc1Nc1ccc(Cl)cn1. The monoisotopic (exact) mass is 329 g/mol. The number of anilines is 2. The summed E-state index contributed by atoms with van der Waals surface area (Å²) >= 11 is 7.27. The van der Waals surface area contributed by atoms with Crippen LogP contribution in [0.5, 0.6) is 0 Å². The first kappa shape index (κ1) is 14.6. The molecule has 110 valence electrons. The Morgan fingerprint density at radius 2 is 1.95 bits per heavy atom. The summed E-state index contributed by atoms with van der Waals surface area (Å²) in [5.41, 5.74) is 6.95. The minimum absolute atomic E-state index is 0.445. The van der Waals surface area contributed by atoms with Crippen molar-refractivity contribution >= 4 is 39.7 Å². The molecule has 0 aliphatic heterocycles. The number of carbonyl (C=O) groups excluding carboxylic acids is 1. The summed E-state index contributed by atoms with van der Waals surface area (Å²) in [6, 6.07) is 15.1. The fourth-order valence-electron chi connectivity index (χ4n) is 1.98. The minimum atomic E-state index is -0.477. The van der Waals surface area contributed by atoms with Gasteiger partial charge >= 0.3 is 0 Å². The molecule has 3 rings (SSSR count). The highest BCUT2D eigenvalue weighted by Crippen LogP contribution is 2.36. The molecule has 0 radical (unpaired) electrons. The van der Waals surface area contributed by atoms with Crippen molar-refractivity contribution < 1.29 is 4.79 Å². The van der Waals surface area contributed by atoms with E-state index in [1.807, 2.05) is 30.3 Å². The van der Waals surface area contributed by atoms with E-state index in [1.165, 1.54) is 11.3 Å². The number of pyridine rings is 1. The summed E-state index contributed by atoms with van der Waals surface area (Å²) < 4.78 is 0. The minimum Gasteiger partial charge on any atom is -0.366 e. The number of halogens is 1. The molecule has 0 fully saturated rings. The molecule has 0 aliphatic rings. The highest BCUT2D eigenvalue weighted by molar-refractivity contribution is 7.19. The summed E-state index contributed by atoms with van der Waals surface area (Å²) in [7, 11) is 0. The number of rotatable bonds is 4. The topological polar surface area (TPSA) is 68.0 Å². The number of hydrogen-bond donors (Lipinski definition) is 2. The van der Waals surface area contributed by atoms with Crippen LogP contribution in [0.25, 0.3) is 10.4 Å². The molecule has 0 bridgehead atoms. The van der Waals surface area contributed by atoms with Crippen molar-refractivity contribution in [2.45, 2.75) is 0 Å². The molecule has 0 saturated heterocycles. The van der Waals surface area contributed by atoms with Gasteiger partial charge in [-0.1, -0.05) is 41.9 Å². The van der Waals surface area contributed by atoms with Crippen molar-refractivity contribution in [3.8, 4) is 10.4 Å². The largest absolute Gasteiger partial charge is 0.366 e. The molecule has 3 N–H and O–H groups in total. The Morgan fingerprint density at radius 1 is 1.18 bits per heavy atom. The number of primary amides is 1. The molecule has 2 aromatic heterocycles. The second-order valence-electron chi connectivity index (χ2n) is 4.57. The molecule has 0 atom stereocenters. The zero-order chi connectivity index (χ0) is 15.5. The lowest BCUT2D eigenvalue weighted by Crippen LogP contribution is -2.11. The predicted molar refractivity (Wildman–Crippen MR) is 90.8 cm³/mol. The molecule has 0 unspecified atom stereocenters. The van der Waals surface area contributed by atoms with E-state index in [0.29, 0.717) is 21.4 Å². The maximum Gasteiger partial charge on any atom is 0.251 e. The summed E-state index contributed by atoms with van der Waals surface area (Å²) in [6.07, 6.45) is 1.54. The first-order valence-corrected chi connectivity index (χ1v) is 7.70. The van der Waals surface area contributed by atoms with Gasteiger partial charge in [0.15, 0.2) is 0 Å². The Morgan fingerprint density at radius 3 is 2.59 bits per heavy atom. The highest BCUT2D eigenvalue weighted by Gasteiger charge is 2.15. The molecule has 22 heavy (non-hydrogen) atoms.